The fourth-order valence-electron chi connectivity index (χ4n) is 3.15. The molecule has 0 saturated carbocycles. The smallest absolute Gasteiger partial charge is 0.0565 e. The molecule has 2 aromatic carbocycles. The van der Waals surface area contributed by atoms with Crippen molar-refractivity contribution in [2.75, 3.05) is 0 Å². The van der Waals surface area contributed by atoms with E-state index in [-0.39, 0.29) is 10.8 Å². The molecule has 0 fully saturated rings. The molecule has 3 rings (SSSR count). The zero-order chi connectivity index (χ0) is 16.8. The Labute approximate surface area is 140 Å². The van der Waals surface area contributed by atoms with Crippen LogP contribution in [0, 0.1) is 0 Å². The van der Waals surface area contributed by atoms with Crippen LogP contribution in [-0.2, 0) is 10.8 Å². The van der Waals surface area contributed by atoms with E-state index in [0.29, 0.717) is 0 Å². The van der Waals surface area contributed by atoms with E-state index in [2.05, 4.69) is 101 Å². The molecule has 3 aromatic rings. The van der Waals surface area contributed by atoms with Crippen molar-refractivity contribution in [3.8, 4) is 5.69 Å². The molecule has 0 aliphatic heterocycles. The zero-order valence-corrected chi connectivity index (χ0v) is 15.1. The van der Waals surface area contributed by atoms with Crippen molar-refractivity contribution in [2.24, 2.45) is 0 Å². The van der Waals surface area contributed by atoms with E-state index in [4.69, 9.17) is 0 Å². The molecule has 0 unspecified atom stereocenters. The van der Waals surface area contributed by atoms with Crippen molar-refractivity contribution >= 4 is 10.8 Å². The third kappa shape index (κ3) is 2.93. The standard InChI is InChI=1S/C22H27N/c1-21(2,3)17-10-11-18-16(15-17)9-12-19(22(4,5)6)20(18)23-13-7-8-14-23/h7-15H,1-6H3. The minimum atomic E-state index is 0.108. The minimum absolute atomic E-state index is 0.108. The fourth-order valence-corrected chi connectivity index (χ4v) is 3.15. The van der Waals surface area contributed by atoms with Gasteiger partial charge in [0.15, 0.2) is 0 Å². The van der Waals surface area contributed by atoms with Gasteiger partial charge in [-0.05, 0) is 39.5 Å². The summed E-state index contributed by atoms with van der Waals surface area (Å²) in [5, 5.41) is 2.63. The number of nitrogens with zero attached hydrogens (tertiary/aromatic N) is 1. The first-order valence-corrected chi connectivity index (χ1v) is 8.39. The number of hydrogen-bond acceptors (Lipinski definition) is 0. The molecule has 23 heavy (non-hydrogen) atoms. The molecule has 1 heterocycles. The van der Waals surface area contributed by atoms with Gasteiger partial charge in [-0.1, -0.05) is 71.9 Å². The van der Waals surface area contributed by atoms with Crippen molar-refractivity contribution < 1.29 is 0 Å². The predicted molar refractivity (Wildman–Crippen MR) is 101 cm³/mol. The Kier molecular flexibility index (Phi) is 3.63. The lowest BCUT2D eigenvalue weighted by atomic mass is 9.82. The van der Waals surface area contributed by atoms with Gasteiger partial charge in [-0.2, -0.15) is 0 Å². The van der Waals surface area contributed by atoms with Crippen LogP contribution in [0.25, 0.3) is 16.5 Å². The highest BCUT2D eigenvalue weighted by Crippen LogP contribution is 2.36. The molecule has 0 radical (unpaired) electrons. The maximum absolute atomic E-state index is 2.34. The highest BCUT2D eigenvalue weighted by atomic mass is 14.9. The van der Waals surface area contributed by atoms with Gasteiger partial charge in [-0.25, -0.2) is 0 Å². The van der Waals surface area contributed by atoms with Crippen LogP contribution < -0.4 is 0 Å². The Morgan fingerprint density at radius 2 is 1.39 bits per heavy atom. The Hall–Kier alpha value is -2.02. The predicted octanol–water partition coefficient (Wildman–Crippen LogP) is 6.23. The molecule has 0 bridgehead atoms. The topological polar surface area (TPSA) is 4.93 Å². The van der Waals surface area contributed by atoms with E-state index in [9.17, 15) is 0 Å². The van der Waals surface area contributed by atoms with Gasteiger partial charge in [0.25, 0.3) is 0 Å². The van der Waals surface area contributed by atoms with Gasteiger partial charge < -0.3 is 4.57 Å². The third-order valence-corrected chi connectivity index (χ3v) is 4.53. The lowest BCUT2D eigenvalue weighted by Gasteiger charge is -2.26. The van der Waals surface area contributed by atoms with Crippen LogP contribution in [0.4, 0.5) is 0 Å². The second-order valence-electron chi connectivity index (χ2n) is 8.49. The maximum atomic E-state index is 2.34. The first-order chi connectivity index (χ1) is 10.7. The molecule has 1 nitrogen and oxygen atoms in total. The lowest BCUT2D eigenvalue weighted by Crippen LogP contribution is -2.15. The summed E-state index contributed by atoms with van der Waals surface area (Å²) in [6.07, 6.45) is 4.28. The van der Waals surface area contributed by atoms with Crippen LogP contribution in [0.15, 0.2) is 54.9 Å². The van der Waals surface area contributed by atoms with E-state index in [0.717, 1.165) is 0 Å². The van der Waals surface area contributed by atoms with Crippen LogP contribution >= 0.6 is 0 Å². The van der Waals surface area contributed by atoms with Crippen molar-refractivity contribution in [3.05, 3.63) is 66.0 Å². The number of hydrogen-bond donors (Lipinski definition) is 0. The SMILES string of the molecule is CC(C)(C)c1ccc2c(-n3cccc3)c(C(C)(C)C)ccc2c1. The number of rotatable bonds is 1. The van der Waals surface area contributed by atoms with Gasteiger partial charge in [-0.15, -0.1) is 0 Å². The van der Waals surface area contributed by atoms with Gasteiger partial charge in [0, 0.05) is 17.8 Å². The van der Waals surface area contributed by atoms with Crippen LogP contribution in [-0.4, -0.2) is 4.57 Å². The second-order valence-corrected chi connectivity index (χ2v) is 8.49. The number of benzene rings is 2. The van der Waals surface area contributed by atoms with Gasteiger partial charge in [0.1, 0.15) is 0 Å². The van der Waals surface area contributed by atoms with E-state index < -0.39 is 0 Å². The van der Waals surface area contributed by atoms with Gasteiger partial charge in [-0.3, -0.25) is 0 Å². The van der Waals surface area contributed by atoms with Gasteiger partial charge in [0.05, 0.1) is 5.69 Å². The molecule has 1 heteroatoms. The summed E-state index contributed by atoms with van der Waals surface area (Å²) >= 11 is 0. The number of fused-ring (bicyclic) bond motifs is 1. The second kappa shape index (κ2) is 5.26. The minimum Gasteiger partial charge on any atom is -0.323 e. The number of aromatic nitrogens is 1. The third-order valence-electron chi connectivity index (χ3n) is 4.53. The highest BCUT2D eigenvalue weighted by Gasteiger charge is 2.21. The molecule has 0 saturated heterocycles. The van der Waals surface area contributed by atoms with Crippen molar-refractivity contribution in [1.29, 1.82) is 0 Å². The average Bonchev–Trinajstić information content (AvgIpc) is 2.97. The van der Waals surface area contributed by atoms with Crippen molar-refractivity contribution in [2.45, 2.75) is 52.4 Å². The quantitative estimate of drug-likeness (QED) is 0.502. The monoisotopic (exact) mass is 305 g/mol. The lowest BCUT2D eigenvalue weighted by molar-refractivity contribution is 0.586. The Morgan fingerprint density at radius 1 is 0.739 bits per heavy atom. The largest absolute Gasteiger partial charge is 0.323 e. The van der Waals surface area contributed by atoms with Crippen LogP contribution in [0.3, 0.4) is 0 Å². The van der Waals surface area contributed by atoms with E-state index in [1.807, 2.05) is 0 Å². The van der Waals surface area contributed by atoms with Crippen molar-refractivity contribution in [3.63, 3.8) is 0 Å². The molecule has 120 valence electrons. The normalized spacial score (nSPS) is 12.8. The van der Waals surface area contributed by atoms with E-state index >= 15 is 0 Å². The summed E-state index contributed by atoms with van der Waals surface area (Å²) in [7, 11) is 0. The average molecular weight is 305 g/mol. The Bertz CT molecular complexity index is 825. The summed E-state index contributed by atoms with van der Waals surface area (Å²) in [5.41, 5.74) is 4.35. The van der Waals surface area contributed by atoms with E-state index in [1.54, 1.807) is 0 Å². The van der Waals surface area contributed by atoms with Crippen LogP contribution in [0.5, 0.6) is 0 Å². The summed E-state index contributed by atoms with van der Waals surface area (Å²) in [4.78, 5) is 0. The first kappa shape index (κ1) is 15.9. The zero-order valence-electron chi connectivity index (χ0n) is 15.1. The Balaban J connectivity index is 2.34. The fraction of sp³-hybridized carbons (Fsp3) is 0.364. The molecule has 0 atom stereocenters. The van der Waals surface area contributed by atoms with Gasteiger partial charge in [0.2, 0.25) is 0 Å². The molecule has 0 amide bonds. The first-order valence-electron chi connectivity index (χ1n) is 8.39. The summed E-state index contributed by atoms with van der Waals surface area (Å²) in [5.74, 6) is 0. The maximum Gasteiger partial charge on any atom is 0.0565 e. The van der Waals surface area contributed by atoms with Crippen LogP contribution in [0.2, 0.25) is 0 Å². The molecule has 1 aromatic heterocycles. The van der Waals surface area contributed by atoms with Gasteiger partial charge >= 0.3 is 0 Å². The van der Waals surface area contributed by atoms with E-state index in [1.165, 1.54) is 27.6 Å². The Morgan fingerprint density at radius 3 is 1.96 bits per heavy atom. The molecular formula is C22H27N. The summed E-state index contributed by atoms with van der Waals surface area (Å²) in [6.45, 7) is 13.7. The summed E-state index contributed by atoms with van der Waals surface area (Å²) in [6, 6.07) is 15.7. The summed E-state index contributed by atoms with van der Waals surface area (Å²) < 4.78 is 2.25. The highest BCUT2D eigenvalue weighted by molar-refractivity contribution is 5.92. The van der Waals surface area contributed by atoms with Crippen LogP contribution in [0.1, 0.15) is 52.7 Å². The molecule has 0 N–H and O–H groups in total. The van der Waals surface area contributed by atoms with Crippen molar-refractivity contribution in [1.82, 2.24) is 4.57 Å². The molecule has 0 aliphatic rings. The molecule has 0 spiro atoms. The molecule has 0 aliphatic carbocycles. The molecular weight excluding hydrogens is 278 g/mol.